The Morgan fingerprint density at radius 1 is 0.787 bits per heavy atom. The Balaban J connectivity index is 1.13. The zero-order valence-corrected chi connectivity index (χ0v) is 44.3. The molecule has 0 aliphatic carbocycles. The van der Waals surface area contributed by atoms with Crippen molar-refractivity contribution in [1.29, 1.82) is 0 Å². The van der Waals surface area contributed by atoms with E-state index in [1.165, 1.54) is 0 Å². The van der Waals surface area contributed by atoms with Crippen LogP contribution in [-0.2, 0) is 44.0 Å². The molecule has 16 nitrogen and oxygen atoms in total. The first-order chi connectivity index (χ1) is 39.1. The van der Waals surface area contributed by atoms with Gasteiger partial charge in [0.1, 0.15) is 42.0 Å². The predicted octanol–water partition coefficient (Wildman–Crippen LogP) is 8.59. The van der Waals surface area contributed by atoms with Crippen LogP contribution in [0.1, 0.15) is 75.7 Å². The quantitative estimate of drug-likeness (QED) is 0.0881. The number of methoxy groups -OCH3 is 2. The number of imide groups is 1. The zero-order chi connectivity index (χ0) is 55.1. The van der Waals surface area contributed by atoms with Gasteiger partial charge in [0.2, 0.25) is 11.8 Å². The van der Waals surface area contributed by atoms with Gasteiger partial charge in [-0.15, -0.1) is 5.10 Å². The topological polar surface area (TPSA) is 178 Å². The molecule has 4 aliphatic rings. The highest BCUT2D eigenvalue weighted by Crippen LogP contribution is 2.67. The van der Waals surface area contributed by atoms with Gasteiger partial charge in [-0.1, -0.05) is 138 Å². The number of anilines is 1. The van der Waals surface area contributed by atoms with Crippen LogP contribution in [0.3, 0.4) is 0 Å². The standard InChI is InChI=1S/C64H57N7O9/c1-40(42-19-7-4-8-20-42)65-63(76)70-50-30-29-41(18-17-32-69-51-27-15-14-26-49(51)66-67-69)36-48(50)64(62(70)75)55(60(73)68-33-31-45-37-53(77-2)54(78-3)38-46(45)39-68)57-61(74)80-58(44-23-11-6-12-24-44)56(43-21-9-5-10-22-43)71(57)59(64)47-25-13-16-28-52(47)79-35-34-72/h4-16,19-30,36-38,40,55-59,72H,31-35,39H2,1-3H3,(H,65,76)/t40-,55-,56-,57-,58+,59+,64-/m1/s1. The minimum absolute atomic E-state index is 0.0980. The molecule has 80 heavy (non-hydrogen) atoms. The third-order valence-electron chi connectivity index (χ3n) is 16.0. The molecule has 1 spiro atoms. The second-order valence-corrected chi connectivity index (χ2v) is 20.4. The number of rotatable bonds is 12. The smallest absolute Gasteiger partial charge is 0.329 e. The number of cyclic esters (lactones) is 1. The third kappa shape index (κ3) is 8.75. The van der Waals surface area contributed by atoms with E-state index in [4.69, 9.17) is 18.9 Å². The molecule has 4 aliphatic heterocycles. The molecule has 5 heterocycles. The Labute approximate surface area is 462 Å². The van der Waals surface area contributed by atoms with Crippen LogP contribution in [0.2, 0.25) is 0 Å². The van der Waals surface area contributed by atoms with Crippen molar-refractivity contribution in [1.82, 2.24) is 30.1 Å². The number of urea groups is 1. The van der Waals surface area contributed by atoms with Gasteiger partial charge in [-0.05, 0) is 95.3 Å². The number of para-hydroxylation sites is 2. The lowest BCUT2D eigenvalue weighted by Crippen LogP contribution is -2.57. The lowest BCUT2D eigenvalue weighted by Gasteiger charge is -2.46. The maximum absolute atomic E-state index is 17.2. The van der Waals surface area contributed by atoms with E-state index in [0.29, 0.717) is 51.4 Å². The summed E-state index contributed by atoms with van der Waals surface area (Å²) in [5.74, 6) is 4.39. The van der Waals surface area contributed by atoms with Crippen LogP contribution in [0.4, 0.5) is 10.5 Å². The van der Waals surface area contributed by atoms with Crippen LogP contribution in [0.5, 0.6) is 17.2 Å². The molecule has 0 bridgehead atoms. The van der Waals surface area contributed by atoms with E-state index < -0.39 is 65.4 Å². The maximum atomic E-state index is 17.2. The molecular weight excluding hydrogens is 1010 g/mol. The molecule has 0 unspecified atom stereocenters. The molecule has 16 heteroatoms. The Morgan fingerprint density at radius 2 is 1.46 bits per heavy atom. The number of esters is 1. The maximum Gasteiger partial charge on any atom is 0.329 e. The summed E-state index contributed by atoms with van der Waals surface area (Å²) in [6.07, 6.45) is -0.543. The monoisotopic (exact) mass is 1070 g/mol. The number of hydrogen-bond donors (Lipinski definition) is 2. The molecule has 7 aromatic carbocycles. The van der Waals surface area contributed by atoms with Gasteiger partial charge < -0.3 is 34.3 Å². The molecule has 4 amide bonds. The predicted molar refractivity (Wildman–Crippen MR) is 297 cm³/mol. The minimum atomic E-state index is -2.11. The molecule has 402 valence electrons. The van der Waals surface area contributed by atoms with Gasteiger partial charge >= 0.3 is 12.0 Å². The van der Waals surface area contributed by atoms with Crippen molar-refractivity contribution in [2.24, 2.45) is 5.92 Å². The van der Waals surface area contributed by atoms with Gasteiger partial charge in [-0.25, -0.2) is 14.4 Å². The summed E-state index contributed by atoms with van der Waals surface area (Å²) in [5, 5.41) is 22.1. The Hall–Kier alpha value is -9.30. The van der Waals surface area contributed by atoms with Crippen LogP contribution >= 0.6 is 0 Å². The summed E-state index contributed by atoms with van der Waals surface area (Å²) in [7, 11) is 3.13. The molecule has 2 saturated heterocycles. The lowest BCUT2D eigenvalue weighted by molar-refractivity contribution is -0.179. The number of aliphatic hydroxyl groups is 1. The van der Waals surface area contributed by atoms with E-state index in [9.17, 15) is 5.11 Å². The van der Waals surface area contributed by atoms with E-state index in [-0.39, 0.29) is 38.5 Å². The minimum Gasteiger partial charge on any atom is -0.493 e. The fourth-order valence-electron chi connectivity index (χ4n) is 12.5. The summed E-state index contributed by atoms with van der Waals surface area (Å²) < 4.78 is 26.3. The van der Waals surface area contributed by atoms with Crippen molar-refractivity contribution < 1.29 is 43.2 Å². The van der Waals surface area contributed by atoms with Gasteiger partial charge in [0.15, 0.2) is 11.5 Å². The van der Waals surface area contributed by atoms with Crippen molar-refractivity contribution >= 4 is 40.5 Å². The first-order valence-corrected chi connectivity index (χ1v) is 26.7. The van der Waals surface area contributed by atoms with Gasteiger partial charge in [-0.2, -0.15) is 0 Å². The molecule has 12 rings (SSSR count). The number of amides is 4. The molecule has 0 saturated carbocycles. The number of fused-ring (bicyclic) bond motifs is 5. The summed E-state index contributed by atoms with van der Waals surface area (Å²) in [6, 6.07) is 47.4. The second-order valence-electron chi connectivity index (χ2n) is 20.4. The van der Waals surface area contributed by atoms with Crippen molar-refractivity contribution in [3.05, 3.63) is 214 Å². The number of aromatic nitrogens is 3. The van der Waals surface area contributed by atoms with Crippen molar-refractivity contribution in [3.8, 4) is 29.1 Å². The number of carbonyl (C=O) groups is 4. The first-order valence-electron chi connectivity index (χ1n) is 26.7. The molecular formula is C64H57N7O9. The van der Waals surface area contributed by atoms with Crippen LogP contribution in [0.15, 0.2) is 170 Å². The number of aliphatic hydroxyl groups excluding tert-OH is 1. The SMILES string of the molecule is COc1cc2c(cc1OC)CN(C(=O)[C@H]1[C@@H]3C(=O)O[C@@H](c4ccccc4)[C@@H](c4ccccc4)N3[C@@H](c3ccccc3OCCO)[C@]13C(=O)N(C(=O)N[C@H](C)c1ccccc1)c1ccc(C#CCn4nnc5ccccc54)cc13)CC2. The number of nitrogens with zero attached hydrogens (tertiary/aromatic N) is 6. The van der Waals surface area contributed by atoms with Crippen LogP contribution in [0.25, 0.3) is 11.0 Å². The number of hydrogen-bond acceptors (Lipinski definition) is 12. The Morgan fingerprint density at radius 3 is 2.20 bits per heavy atom. The molecule has 7 atom stereocenters. The fourth-order valence-corrected chi connectivity index (χ4v) is 12.5. The van der Waals surface area contributed by atoms with Crippen LogP contribution in [-0.4, -0.2) is 93.7 Å². The number of benzene rings is 7. The van der Waals surface area contributed by atoms with Gasteiger partial charge in [0.05, 0.1) is 56.1 Å². The highest BCUT2D eigenvalue weighted by atomic mass is 16.6. The fraction of sp³-hybridized carbons (Fsp3) is 0.250. The molecule has 2 N–H and O–H groups in total. The summed E-state index contributed by atoms with van der Waals surface area (Å²) >= 11 is 0. The van der Waals surface area contributed by atoms with E-state index in [2.05, 4.69) is 27.5 Å². The van der Waals surface area contributed by atoms with E-state index in [1.807, 2.05) is 151 Å². The highest BCUT2D eigenvalue weighted by molar-refractivity contribution is 6.25. The van der Waals surface area contributed by atoms with Gasteiger partial charge in [-0.3, -0.25) is 19.3 Å². The first kappa shape index (κ1) is 51.5. The molecule has 2 fully saturated rings. The van der Waals surface area contributed by atoms with Crippen molar-refractivity contribution in [2.75, 3.05) is 38.9 Å². The number of nitrogens with one attached hydrogen (secondary N) is 1. The highest BCUT2D eigenvalue weighted by Gasteiger charge is 2.76. The van der Waals surface area contributed by atoms with Crippen molar-refractivity contribution in [2.45, 2.75) is 62.1 Å². The largest absolute Gasteiger partial charge is 0.493 e. The summed E-state index contributed by atoms with van der Waals surface area (Å²) in [4.78, 5) is 70.3. The van der Waals surface area contributed by atoms with Gasteiger partial charge in [0, 0.05) is 24.2 Å². The molecule has 1 aromatic heterocycles. The van der Waals surface area contributed by atoms with E-state index in [1.54, 1.807) is 54.1 Å². The normalized spacial score (nSPS) is 21.4. The second kappa shape index (κ2) is 21.5. The molecule has 0 radical (unpaired) electrons. The van der Waals surface area contributed by atoms with Gasteiger partial charge in [0.25, 0.3) is 0 Å². The Kier molecular flexibility index (Phi) is 13.8. The third-order valence-corrected chi connectivity index (χ3v) is 16.0. The lowest BCUT2D eigenvalue weighted by atomic mass is 9.64. The molecule has 8 aromatic rings. The van der Waals surface area contributed by atoms with Crippen LogP contribution < -0.4 is 24.4 Å². The summed E-state index contributed by atoms with van der Waals surface area (Å²) in [5.41, 5.74) is 4.81. The average molecular weight is 1070 g/mol. The van der Waals surface area contributed by atoms with Crippen LogP contribution in [0, 0.1) is 17.8 Å². The number of morpholine rings is 1. The average Bonchev–Trinajstić information content (AvgIpc) is 3.50. The van der Waals surface area contributed by atoms with E-state index in [0.717, 1.165) is 32.7 Å². The number of carbonyl (C=O) groups excluding carboxylic acids is 4. The summed E-state index contributed by atoms with van der Waals surface area (Å²) in [6.45, 7) is 1.87. The van der Waals surface area contributed by atoms with E-state index >= 15 is 19.2 Å². The number of ether oxygens (including phenoxy) is 4. The zero-order valence-electron chi connectivity index (χ0n) is 44.3. The van der Waals surface area contributed by atoms with Crippen molar-refractivity contribution in [3.63, 3.8) is 0 Å². The Bertz CT molecular complexity index is 3730.